The Hall–Kier alpha value is -2.08. The van der Waals surface area contributed by atoms with Crippen LogP contribution in [0.1, 0.15) is 22.8 Å². The van der Waals surface area contributed by atoms with Gasteiger partial charge in [0.2, 0.25) is 0 Å². The molecule has 0 aliphatic carbocycles. The molecule has 0 aliphatic rings. The Morgan fingerprint density at radius 1 is 1.39 bits per heavy atom. The zero-order chi connectivity index (χ0) is 13.5. The van der Waals surface area contributed by atoms with Gasteiger partial charge < -0.3 is 20.3 Å². The lowest BCUT2D eigenvalue weighted by Gasteiger charge is -2.11. The Balaban J connectivity index is 2.99. The molecular formula is C12H15NO5. The van der Waals surface area contributed by atoms with E-state index in [0.717, 1.165) is 0 Å². The summed E-state index contributed by atoms with van der Waals surface area (Å²) in [6.07, 6.45) is 0. The van der Waals surface area contributed by atoms with Crippen molar-refractivity contribution in [2.45, 2.75) is 13.5 Å². The second-order valence-corrected chi connectivity index (χ2v) is 3.51. The molecule has 6 heteroatoms. The monoisotopic (exact) mass is 253 g/mol. The van der Waals surface area contributed by atoms with E-state index in [2.05, 4.69) is 5.32 Å². The number of carboxylic acid groups (broad SMARTS) is 1. The van der Waals surface area contributed by atoms with Crippen LogP contribution in [0.5, 0.6) is 0 Å². The number of esters is 1. The van der Waals surface area contributed by atoms with E-state index in [1.165, 1.54) is 6.07 Å². The number of carbonyl (C=O) groups is 2. The van der Waals surface area contributed by atoms with Crippen LogP contribution in [0.4, 0.5) is 5.69 Å². The highest BCUT2D eigenvalue weighted by atomic mass is 16.5. The molecule has 0 saturated heterocycles. The molecule has 0 radical (unpaired) electrons. The molecule has 0 aromatic heterocycles. The summed E-state index contributed by atoms with van der Waals surface area (Å²) in [5.74, 6) is -1.59. The minimum atomic E-state index is -1.03. The van der Waals surface area contributed by atoms with Gasteiger partial charge in [0.05, 0.1) is 18.8 Å². The number of benzene rings is 1. The van der Waals surface area contributed by atoms with Crippen LogP contribution < -0.4 is 5.32 Å². The number of nitrogens with one attached hydrogen (secondary N) is 1. The van der Waals surface area contributed by atoms with Crippen LogP contribution in [0.2, 0.25) is 0 Å². The summed E-state index contributed by atoms with van der Waals surface area (Å²) < 4.78 is 4.87. The predicted octanol–water partition coefficient (Wildman–Crippen LogP) is 0.852. The Labute approximate surface area is 104 Å². The first-order chi connectivity index (χ1) is 8.58. The summed E-state index contributed by atoms with van der Waals surface area (Å²) in [7, 11) is 0. The van der Waals surface area contributed by atoms with Crippen LogP contribution in [-0.2, 0) is 16.1 Å². The molecule has 0 saturated carbocycles. The second-order valence-electron chi connectivity index (χ2n) is 3.51. The van der Waals surface area contributed by atoms with Crippen LogP contribution in [-0.4, -0.2) is 35.3 Å². The molecule has 0 heterocycles. The van der Waals surface area contributed by atoms with Crippen molar-refractivity contribution >= 4 is 17.6 Å². The van der Waals surface area contributed by atoms with Gasteiger partial charge in [-0.05, 0) is 24.6 Å². The van der Waals surface area contributed by atoms with Crippen molar-refractivity contribution in [2.75, 3.05) is 18.5 Å². The highest BCUT2D eigenvalue weighted by molar-refractivity contribution is 5.96. The average Bonchev–Trinajstić information content (AvgIpc) is 2.36. The van der Waals surface area contributed by atoms with Gasteiger partial charge in [0.25, 0.3) is 0 Å². The summed E-state index contributed by atoms with van der Waals surface area (Å²) in [6, 6.07) is 4.62. The van der Waals surface area contributed by atoms with Crippen molar-refractivity contribution in [1.82, 2.24) is 0 Å². The van der Waals surface area contributed by atoms with E-state index in [1.807, 2.05) is 0 Å². The fraction of sp³-hybridized carbons (Fsp3) is 0.333. The van der Waals surface area contributed by atoms with Crippen LogP contribution in [0.3, 0.4) is 0 Å². The van der Waals surface area contributed by atoms with Gasteiger partial charge in [-0.1, -0.05) is 6.07 Å². The van der Waals surface area contributed by atoms with E-state index in [0.29, 0.717) is 11.3 Å². The minimum Gasteiger partial charge on any atom is -0.480 e. The lowest BCUT2D eigenvalue weighted by Crippen LogP contribution is -2.16. The van der Waals surface area contributed by atoms with E-state index >= 15 is 0 Å². The molecule has 1 aromatic carbocycles. The number of ether oxygens (including phenoxy) is 1. The number of hydrogen-bond donors (Lipinski definition) is 3. The van der Waals surface area contributed by atoms with Crippen LogP contribution in [0.15, 0.2) is 18.2 Å². The SMILES string of the molecule is CCOC(=O)c1cc(CO)ccc1NCC(=O)O. The maximum absolute atomic E-state index is 11.7. The molecule has 3 N–H and O–H groups in total. The number of rotatable bonds is 6. The van der Waals surface area contributed by atoms with Crippen LogP contribution in [0.25, 0.3) is 0 Å². The van der Waals surface area contributed by atoms with Crippen molar-refractivity contribution in [3.8, 4) is 0 Å². The first-order valence-electron chi connectivity index (χ1n) is 5.45. The van der Waals surface area contributed by atoms with Crippen LogP contribution in [0, 0.1) is 0 Å². The molecule has 0 amide bonds. The molecule has 1 rings (SSSR count). The lowest BCUT2D eigenvalue weighted by atomic mass is 10.1. The Bertz CT molecular complexity index is 444. The van der Waals surface area contributed by atoms with Crippen molar-refractivity contribution in [1.29, 1.82) is 0 Å². The topological polar surface area (TPSA) is 95.9 Å². The molecule has 0 bridgehead atoms. The molecule has 0 unspecified atom stereocenters. The summed E-state index contributed by atoms with van der Waals surface area (Å²) in [5, 5.41) is 20.2. The summed E-state index contributed by atoms with van der Waals surface area (Å²) >= 11 is 0. The first kappa shape index (κ1) is 14.0. The van der Waals surface area contributed by atoms with Crippen molar-refractivity contribution < 1.29 is 24.5 Å². The largest absolute Gasteiger partial charge is 0.480 e. The summed E-state index contributed by atoms with van der Waals surface area (Å²) in [5.41, 5.74) is 1.14. The zero-order valence-electron chi connectivity index (χ0n) is 9.97. The van der Waals surface area contributed by atoms with Crippen molar-refractivity contribution in [3.63, 3.8) is 0 Å². The molecule has 0 spiro atoms. The highest BCUT2D eigenvalue weighted by Crippen LogP contribution is 2.19. The normalized spacial score (nSPS) is 9.89. The van der Waals surface area contributed by atoms with E-state index in [4.69, 9.17) is 14.9 Å². The average molecular weight is 253 g/mol. The molecule has 98 valence electrons. The lowest BCUT2D eigenvalue weighted by molar-refractivity contribution is -0.134. The van der Waals surface area contributed by atoms with E-state index in [1.54, 1.807) is 19.1 Å². The van der Waals surface area contributed by atoms with E-state index < -0.39 is 11.9 Å². The molecule has 6 nitrogen and oxygen atoms in total. The third kappa shape index (κ3) is 3.74. The Morgan fingerprint density at radius 3 is 2.67 bits per heavy atom. The highest BCUT2D eigenvalue weighted by Gasteiger charge is 2.13. The predicted molar refractivity (Wildman–Crippen MR) is 64.4 cm³/mol. The second kappa shape index (κ2) is 6.61. The first-order valence-corrected chi connectivity index (χ1v) is 5.45. The molecule has 0 fully saturated rings. The summed E-state index contributed by atoms with van der Waals surface area (Å²) in [6.45, 7) is 1.40. The smallest absolute Gasteiger partial charge is 0.340 e. The fourth-order valence-electron chi connectivity index (χ4n) is 1.39. The van der Waals surface area contributed by atoms with E-state index in [-0.39, 0.29) is 25.3 Å². The van der Waals surface area contributed by atoms with Gasteiger partial charge in [0.1, 0.15) is 6.54 Å². The number of carboxylic acids is 1. The summed E-state index contributed by atoms with van der Waals surface area (Å²) in [4.78, 5) is 22.2. The molecule has 1 aromatic rings. The maximum Gasteiger partial charge on any atom is 0.340 e. The van der Waals surface area contributed by atoms with Crippen molar-refractivity contribution in [2.24, 2.45) is 0 Å². The molecule has 0 atom stereocenters. The number of hydrogen-bond acceptors (Lipinski definition) is 5. The number of aliphatic hydroxyl groups is 1. The number of aliphatic hydroxyl groups excluding tert-OH is 1. The molecular weight excluding hydrogens is 238 g/mol. The van der Waals surface area contributed by atoms with Gasteiger partial charge >= 0.3 is 11.9 Å². The van der Waals surface area contributed by atoms with Gasteiger partial charge in [0.15, 0.2) is 0 Å². The number of carbonyl (C=O) groups excluding carboxylic acids is 1. The van der Waals surface area contributed by atoms with Gasteiger partial charge in [-0.25, -0.2) is 4.79 Å². The van der Waals surface area contributed by atoms with Gasteiger partial charge in [0, 0.05) is 5.69 Å². The van der Waals surface area contributed by atoms with E-state index in [9.17, 15) is 9.59 Å². The quantitative estimate of drug-likeness (QED) is 0.650. The molecule has 18 heavy (non-hydrogen) atoms. The minimum absolute atomic E-state index is 0.203. The van der Waals surface area contributed by atoms with Gasteiger partial charge in [-0.3, -0.25) is 4.79 Å². The number of anilines is 1. The maximum atomic E-state index is 11.7. The Morgan fingerprint density at radius 2 is 2.11 bits per heavy atom. The standard InChI is InChI=1S/C12H15NO5/c1-2-18-12(17)9-5-8(7-14)3-4-10(9)13-6-11(15)16/h3-5,13-14H,2,6-7H2,1H3,(H,15,16). The van der Waals surface area contributed by atoms with Crippen LogP contribution >= 0.6 is 0 Å². The number of aliphatic carboxylic acids is 1. The van der Waals surface area contributed by atoms with Gasteiger partial charge in [-0.15, -0.1) is 0 Å². The Kier molecular flexibility index (Phi) is 5.13. The third-order valence-electron chi connectivity index (χ3n) is 2.19. The fourth-order valence-corrected chi connectivity index (χ4v) is 1.39. The third-order valence-corrected chi connectivity index (χ3v) is 2.19. The molecule has 0 aliphatic heterocycles. The van der Waals surface area contributed by atoms with Gasteiger partial charge in [-0.2, -0.15) is 0 Å². The zero-order valence-corrected chi connectivity index (χ0v) is 9.97. The van der Waals surface area contributed by atoms with Crippen molar-refractivity contribution in [3.05, 3.63) is 29.3 Å².